The van der Waals surface area contributed by atoms with Crippen molar-refractivity contribution < 1.29 is 9.47 Å². The molecule has 190 valence electrons. The van der Waals surface area contributed by atoms with Gasteiger partial charge in [0.15, 0.2) is 0 Å². The van der Waals surface area contributed by atoms with Crippen molar-refractivity contribution in [3.8, 4) is 11.5 Å². The Balaban J connectivity index is 0.00000216. The molecule has 0 saturated carbocycles. The molecular formula is C29H38Cl2N2O2. The van der Waals surface area contributed by atoms with Gasteiger partial charge in [0, 0.05) is 32.7 Å². The Morgan fingerprint density at radius 2 is 1.34 bits per heavy atom. The maximum absolute atomic E-state index is 5.97. The van der Waals surface area contributed by atoms with Gasteiger partial charge in [-0.2, -0.15) is 0 Å². The zero-order chi connectivity index (χ0) is 22.7. The van der Waals surface area contributed by atoms with Gasteiger partial charge < -0.3 is 14.4 Å². The van der Waals surface area contributed by atoms with Crippen LogP contribution in [0.5, 0.6) is 11.5 Å². The SMILES string of the molecule is Cc1ccc(CCCN2CCN(CCOCc3cccc(Oc4ccccc4)c3)CC2)cc1.Cl.Cl. The third-order valence-electron chi connectivity index (χ3n) is 6.22. The molecule has 1 aliphatic rings. The van der Waals surface area contributed by atoms with Crippen molar-refractivity contribution in [2.24, 2.45) is 0 Å². The highest BCUT2D eigenvalue weighted by atomic mass is 35.5. The lowest BCUT2D eigenvalue weighted by atomic mass is 10.1. The monoisotopic (exact) mass is 516 g/mol. The van der Waals surface area contributed by atoms with Gasteiger partial charge in [-0.05, 0) is 61.7 Å². The van der Waals surface area contributed by atoms with Gasteiger partial charge in [0.2, 0.25) is 0 Å². The number of aryl methyl sites for hydroxylation is 2. The Hall–Kier alpha value is -2.08. The fraction of sp³-hybridized carbons (Fsp3) is 0.379. The first-order chi connectivity index (χ1) is 16.2. The average molecular weight is 518 g/mol. The van der Waals surface area contributed by atoms with E-state index in [2.05, 4.69) is 53.1 Å². The number of rotatable bonds is 11. The van der Waals surface area contributed by atoms with Gasteiger partial charge in [0.25, 0.3) is 0 Å². The van der Waals surface area contributed by atoms with Gasteiger partial charge in [-0.1, -0.05) is 60.2 Å². The molecule has 35 heavy (non-hydrogen) atoms. The third kappa shape index (κ3) is 10.2. The number of halogens is 2. The van der Waals surface area contributed by atoms with Crippen LogP contribution in [-0.2, 0) is 17.8 Å². The third-order valence-corrected chi connectivity index (χ3v) is 6.22. The summed E-state index contributed by atoms with van der Waals surface area (Å²) in [4.78, 5) is 5.12. The molecule has 1 heterocycles. The zero-order valence-electron chi connectivity index (χ0n) is 20.6. The highest BCUT2D eigenvalue weighted by molar-refractivity contribution is 5.85. The minimum atomic E-state index is 0. The Morgan fingerprint density at radius 1 is 0.686 bits per heavy atom. The molecule has 0 unspecified atom stereocenters. The summed E-state index contributed by atoms with van der Waals surface area (Å²) in [5, 5.41) is 0. The molecular weight excluding hydrogens is 479 g/mol. The summed E-state index contributed by atoms with van der Waals surface area (Å²) < 4.78 is 11.9. The number of hydrogen-bond donors (Lipinski definition) is 0. The summed E-state index contributed by atoms with van der Waals surface area (Å²) in [6.45, 7) is 10.3. The van der Waals surface area contributed by atoms with Crippen LogP contribution in [0.1, 0.15) is 23.1 Å². The van der Waals surface area contributed by atoms with Crippen LogP contribution in [0.4, 0.5) is 0 Å². The van der Waals surface area contributed by atoms with E-state index in [4.69, 9.17) is 9.47 Å². The molecule has 4 nitrogen and oxygen atoms in total. The topological polar surface area (TPSA) is 24.9 Å². The maximum Gasteiger partial charge on any atom is 0.127 e. The lowest BCUT2D eigenvalue weighted by molar-refractivity contribution is 0.0682. The van der Waals surface area contributed by atoms with Crippen LogP contribution in [0, 0.1) is 6.92 Å². The average Bonchev–Trinajstić information content (AvgIpc) is 2.85. The first-order valence-electron chi connectivity index (χ1n) is 12.1. The van der Waals surface area contributed by atoms with E-state index >= 15 is 0 Å². The predicted molar refractivity (Wildman–Crippen MR) is 149 cm³/mol. The lowest BCUT2D eigenvalue weighted by Gasteiger charge is -2.34. The normalized spacial score (nSPS) is 14.1. The Morgan fingerprint density at radius 3 is 2.06 bits per heavy atom. The van der Waals surface area contributed by atoms with Crippen LogP contribution >= 0.6 is 24.8 Å². The second kappa shape index (κ2) is 15.8. The molecule has 0 spiro atoms. The molecule has 0 N–H and O–H groups in total. The molecule has 0 amide bonds. The second-order valence-corrected chi connectivity index (χ2v) is 8.89. The van der Waals surface area contributed by atoms with E-state index in [1.807, 2.05) is 42.5 Å². The van der Waals surface area contributed by atoms with Crippen molar-refractivity contribution in [1.29, 1.82) is 0 Å². The smallest absolute Gasteiger partial charge is 0.127 e. The lowest BCUT2D eigenvalue weighted by Crippen LogP contribution is -2.47. The molecule has 1 aliphatic heterocycles. The number of benzene rings is 3. The number of nitrogens with zero attached hydrogens (tertiary/aromatic N) is 2. The van der Waals surface area contributed by atoms with Crippen LogP contribution in [0.25, 0.3) is 0 Å². The highest BCUT2D eigenvalue weighted by Gasteiger charge is 2.16. The van der Waals surface area contributed by atoms with Crippen LogP contribution in [0.2, 0.25) is 0 Å². The van der Waals surface area contributed by atoms with Gasteiger partial charge in [0.05, 0.1) is 13.2 Å². The summed E-state index contributed by atoms with van der Waals surface area (Å²) >= 11 is 0. The number of ether oxygens (including phenoxy) is 2. The summed E-state index contributed by atoms with van der Waals surface area (Å²) in [7, 11) is 0. The van der Waals surface area contributed by atoms with Crippen molar-refractivity contribution >= 4 is 24.8 Å². The number of piperazine rings is 1. The van der Waals surface area contributed by atoms with Crippen LogP contribution < -0.4 is 4.74 Å². The molecule has 3 aromatic carbocycles. The second-order valence-electron chi connectivity index (χ2n) is 8.89. The summed E-state index contributed by atoms with van der Waals surface area (Å²) in [5.41, 5.74) is 3.93. The quantitative estimate of drug-likeness (QED) is 0.275. The maximum atomic E-state index is 5.97. The number of hydrogen-bond acceptors (Lipinski definition) is 4. The largest absolute Gasteiger partial charge is 0.457 e. The molecule has 3 aromatic rings. The first-order valence-corrected chi connectivity index (χ1v) is 12.1. The van der Waals surface area contributed by atoms with E-state index in [0.29, 0.717) is 6.61 Å². The van der Waals surface area contributed by atoms with Crippen molar-refractivity contribution in [3.63, 3.8) is 0 Å². The molecule has 0 bridgehead atoms. The molecule has 0 aromatic heterocycles. The fourth-order valence-electron chi connectivity index (χ4n) is 4.21. The van der Waals surface area contributed by atoms with Crippen molar-refractivity contribution in [2.75, 3.05) is 45.9 Å². The predicted octanol–water partition coefficient (Wildman–Crippen LogP) is 6.40. The fourth-order valence-corrected chi connectivity index (χ4v) is 4.21. The standard InChI is InChI=1S/C29H36N2O2.2ClH/c1-25-12-14-26(15-13-25)8-6-16-30-17-19-31(20-18-30)21-22-32-24-27-7-5-11-29(23-27)33-28-9-3-2-4-10-28;;/h2-5,7,9-15,23H,6,8,16-22,24H2,1H3;2*1H. The Labute approximate surface area is 223 Å². The van der Waals surface area contributed by atoms with E-state index in [-0.39, 0.29) is 24.8 Å². The molecule has 1 saturated heterocycles. The molecule has 6 heteroatoms. The highest BCUT2D eigenvalue weighted by Crippen LogP contribution is 2.22. The number of para-hydroxylation sites is 1. The molecule has 4 rings (SSSR count). The summed E-state index contributed by atoms with van der Waals surface area (Å²) in [6, 6.07) is 27.0. The van der Waals surface area contributed by atoms with Gasteiger partial charge in [-0.3, -0.25) is 4.90 Å². The van der Waals surface area contributed by atoms with E-state index in [1.54, 1.807) is 0 Å². The van der Waals surface area contributed by atoms with Gasteiger partial charge >= 0.3 is 0 Å². The minimum absolute atomic E-state index is 0. The minimum Gasteiger partial charge on any atom is -0.457 e. The zero-order valence-corrected chi connectivity index (χ0v) is 22.2. The van der Waals surface area contributed by atoms with E-state index in [9.17, 15) is 0 Å². The molecule has 0 radical (unpaired) electrons. The molecule has 0 atom stereocenters. The van der Waals surface area contributed by atoms with Crippen LogP contribution in [0.3, 0.4) is 0 Å². The van der Waals surface area contributed by atoms with E-state index < -0.39 is 0 Å². The van der Waals surface area contributed by atoms with Gasteiger partial charge in [-0.15, -0.1) is 24.8 Å². The van der Waals surface area contributed by atoms with Crippen molar-refractivity contribution in [3.05, 3.63) is 95.6 Å². The van der Waals surface area contributed by atoms with Crippen molar-refractivity contribution in [1.82, 2.24) is 9.80 Å². The Kier molecular flexibility index (Phi) is 13.2. The van der Waals surface area contributed by atoms with Gasteiger partial charge in [-0.25, -0.2) is 0 Å². The van der Waals surface area contributed by atoms with Crippen LogP contribution in [-0.4, -0.2) is 55.7 Å². The Bertz CT molecular complexity index is 962. The van der Waals surface area contributed by atoms with Crippen molar-refractivity contribution in [2.45, 2.75) is 26.4 Å². The molecule has 1 fully saturated rings. The first kappa shape index (κ1) is 29.2. The van der Waals surface area contributed by atoms with E-state index in [0.717, 1.165) is 56.4 Å². The van der Waals surface area contributed by atoms with Gasteiger partial charge in [0.1, 0.15) is 11.5 Å². The van der Waals surface area contributed by atoms with Crippen LogP contribution in [0.15, 0.2) is 78.9 Å². The summed E-state index contributed by atoms with van der Waals surface area (Å²) in [5.74, 6) is 1.70. The molecule has 0 aliphatic carbocycles. The summed E-state index contributed by atoms with van der Waals surface area (Å²) in [6.07, 6.45) is 2.41. The van der Waals surface area contributed by atoms with E-state index in [1.165, 1.54) is 30.5 Å².